The van der Waals surface area contributed by atoms with Crippen LogP contribution in [-0.2, 0) is 4.74 Å². The first-order valence-electron chi connectivity index (χ1n) is 5.66. The summed E-state index contributed by atoms with van der Waals surface area (Å²) in [7, 11) is 0. The fourth-order valence-electron chi connectivity index (χ4n) is 1.52. The average molecular weight is 295 g/mol. The molecule has 0 saturated carbocycles. The second-order valence-corrected chi connectivity index (χ2v) is 4.05. The molecule has 0 bridgehead atoms. The second kappa shape index (κ2) is 6.79. The number of benzene rings is 2. The molecule has 1 atom stereocenters. The molecule has 0 aromatic heterocycles. The van der Waals surface area contributed by atoms with Crippen LogP contribution in [0.4, 0.5) is 11.4 Å². The molecule has 0 fully saturated rings. The van der Waals surface area contributed by atoms with Gasteiger partial charge in [-0.25, -0.2) is 4.79 Å². The number of nitrogens with two attached hydrogens (primary N) is 2. The molecule has 6 heteroatoms. The quantitative estimate of drug-likeness (QED) is 0.457. The van der Waals surface area contributed by atoms with E-state index in [0.717, 1.165) is 0 Å². The highest BCUT2D eigenvalue weighted by Gasteiger charge is 2.14. The van der Waals surface area contributed by atoms with Gasteiger partial charge in [0.2, 0.25) is 6.29 Å². The summed E-state index contributed by atoms with van der Waals surface area (Å²) in [6, 6.07) is 12.7. The monoisotopic (exact) mass is 294 g/mol. The Morgan fingerprint density at radius 1 is 0.950 bits per heavy atom. The first-order chi connectivity index (χ1) is 9.06. The number of carbonyl (C=O) groups is 1. The second-order valence-electron chi connectivity index (χ2n) is 4.05. The van der Waals surface area contributed by atoms with Crippen molar-refractivity contribution in [2.45, 2.75) is 6.29 Å². The van der Waals surface area contributed by atoms with Crippen LogP contribution in [-0.4, -0.2) is 11.1 Å². The minimum atomic E-state index is -1.33. The van der Waals surface area contributed by atoms with Gasteiger partial charge in [0.15, 0.2) is 0 Å². The third-order valence-corrected chi connectivity index (χ3v) is 2.59. The van der Waals surface area contributed by atoms with Gasteiger partial charge < -0.3 is 21.3 Å². The van der Waals surface area contributed by atoms with Crippen LogP contribution < -0.4 is 11.5 Å². The minimum Gasteiger partial charge on any atom is -0.428 e. The lowest BCUT2D eigenvalue weighted by atomic mass is 10.2. The summed E-state index contributed by atoms with van der Waals surface area (Å²) in [5.41, 5.74) is 13.0. The Labute approximate surface area is 122 Å². The maximum Gasteiger partial charge on any atom is 0.340 e. The van der Waals surface area contributed by atoms with E-state index in [0.29, 0.717) is 22.5 Å². The Hall–Kier alpha value is -2.24. The lowest BCUT2D eigenvalue weighted by Gasteiger charge is -2.12. The number of nitrogen functional groups attached to an aromatic ring is 2. The van der Waals surface area contributed by atoms with Crippen molar-refractivity contribution in [2.24, 2.45) is 0 Å². The summed E-state index contributed by atoms with van der Waals surface area (Å²) in [5.74, 6) is -0.621. The molecular formula is C14H15ClN2O3. The van der Waals surface area contributed by atoms with Gasteiger partial charge in [0.05, 0.1) is 5.56 Å². The van der Waals surface area contributed by atoms with E-state index < -0.39 is 12.3 Å². The Bertz CT molecular complexity index is 570. The van der Waals surface area contributed by atoms with Crippen LogP contribution in [0.2, 0.25) is 0 Å². The van der Waals surface area contributed by atoms with E-state index >= 15 is 0 Å². The lowest BCUT2D eigenvalue weighted by Crippen LogP contribution is -2.11. The molecule has 0 aliphatic carbocycles. The highest BCUT2D eigenvalue weighted by molar-refractivity contribution is 5.89. The first kappa shape index (κ1) is 15.8. The summed E-state index contributed by atoms with van der Waals surface area (Å²) < 4.78 is 4.94. The third-order valence-electron chi connectivity index (χ3n) is 2.59. The van der Waals surface area contributed by atoms with Crippen LogP contribution in [0.1, 0.15) is 22.2 Å². The van der Waals surface area contributed by atoms with Crippen LogP contribution in [0, 0.1) is 0 Å². The van der Waals surface area contributed by atoms with Crippen LogP contribution in [0.5, 0.6) is 0 Å². The standard InChI is InChI=1S/C14H14N2O3.ClH/c15-11-5-1-9(2-6-11)13(17)19-14(18)10-3-7-12(16)8-4-10;/h1-8,13,17H,15-16H2;1H. The van der Waals surface area contributed by atoms with Gasteiger partial charge in [-0.15, -0.1) is 12.4 Å². The Morgan fingerprint density at radius 2 is 1.40 bits per heavy atom. The molecule has 5 N–H and O–H groups in total. The van der Waals surface area contributed by atoms with Crippen molar-refractivity contribution in [3.63, 3.8) is 0 Å². The largest absolute Gasteiger partial charge is 0.428 e. The number of carbonyl (C=O) groups excluding carboxylic acids is 1. The molecular weight excluding hydrogens is 280 g/mol. The average Bonchev–Trinajstić information content (AvgIpc) is 2.40. The van der Waals surface area contributed by atoms with Crippen molar-refractivity contribution in [1.82, 2.24) is 0 Å². The number of anilines is 2. The van der Waals surface area contributed by atoms with Crippen molar-refractivity contribution < 1.29 is 14.6 Å². The van der Waals surface area contributed by atoms with Crippen LogP contribution in [0.25, 0.3) is 0 Å². The zero-order valence-electron chi connectivity index (χ0n) is 10.5. The molecule has 106 valence electrons. The maximum absolute atomic E-state index is 11.8. The van der Waals surface area contributed by atoms with Crippen LogP contribution in [0.15, 0.2) is 48.5 Å². The van der Waals surface area contributed by atoms with E-state index in [1.54, 1.807) is 36.4 Å². The van der Waals surface area contributed by atoms with Gasteiger partial charge in [-0.2, -0.15) is 0 Å². The molecule has 0 aliphatic heterocycles. The summed E-state index contributed by atoms with van der Waals surface area (Å²) in [6.45, 7) is 0. The van der Waals surface area contributed by atoms with Crippen molar-refractivity contribution >= 4 is 29.8 Å². The van der Waals surface area contributed by atoms with Gasteiger partial charge in [-0.1, -0.05) is 12.1 Å². The van der Waals surface area contributed by atoms with Crippen molar-refractivity contribution in [3.05, 3.63) is 59.7 Å². The normalized spacial score (nSPS) is 11.2. The lowest BCUT2D eigenvalue weighted by molar-refractivity contribution is -0.0671. The Kier molecular flexibility index (Phi) is 5.37. The first-order valence-corrected chi connectivity index (χ1v) is 5.66. The molecule has 0 saturated heterocycles. The summed E-state index contributed by atoms with van der Waals surface area (Å²) in [4.78, 5) is 11.8. The molecule has 0 radical (unpaired) electrons. The predicted octanol–water partition coefficient (Wildman–Crippen LogP) is 2.12. The Balaban J connectivity index is 0.00000200. The zero-order chi connectivity index (χ0) is 13.8. The van der Waals surface area contributed by atoms with Crippen molar-refractivity contribution in [3.8, 4) is 0 Å². The van der Waals surface area contributed by atoms with Crippen LogP contribution in [0.3, 0.4) is 0 Å². The molecule has 2 rings (SSSR count). The van der Waals surface area contributed by atoms with Gasteiger partial charge in [-0.05, 0) is 36.4 Å². The number of aliphatic hydroxyl groups is 1. The van der Waals surface area contributed by atoms with Crippen LogP contribution >= 0.6 is 12.4 Å². The number of hydrogen-bond acceptors (Lipinski definition) is 5. The van der Waals surface area contributed by atoms with E-state index in [9.17, 15) is 9.90 Å². The maximum atomic E-state index is 11.8. The molecule has 0 heterocycles. The molecule has 2 aromatic carbocycles. The summed E-state index contributed by atoms with van der Waals surface area (Å²) in [5, 5.41) is 9.79. The molecule has 5 nitrogen and oxygen atoms in total. The Morgan fingerprint density at radius 3 is 1.90 bits per heavy atom. The highest BCUT2D eigenvalue weighted by atomic mass is 35.5. The van der Waals surface area contributed by atoms with Gasteiger partial charge in [0.25, 0.3) is 0 Å². The van der Waals surface area contributed by atoms with Gasteiger partial charge in [0, 0.05) is 16.9 Å². The SMILES string of the molecule is Cl.Nc1ccc(C(=O)OC(O)c2ccc(N)cc2)cc1. The molecule has 20 heavy (non-hydrogen) atoms. The number of halogens is 1. The summed E-state index contributed by atoms with van der Waals surface area (Å²) >= 11 is 0. The van der Waals surface area contributed by atoms with E-state index in [4.69, 9.17) is 16.2 Å². The van der Waals surface area contributed by atoms with Gasteiger partial charge >= 0.3 is 5.97 Å². The molecule has 1 unspecified atom stereocenters. The number of aliphatic hydroxyl groups excluding tert-OH is 1. The highest BCUT2D eigenvalue weighted by Crippen LogP contribution is 2.18. The fourth-order valence-corrected chi connectivity index (χ4v) is 1.52. The number of ether oxygens (including phenoxy) is 1. The number of rotatable bonds is 3. The van der Waals surface area contributed by atoms with Gasteiger partial charge in [-0.3, -0.25) is 0 Å². The van der Waals surface area contributed by atoms with E-state index in [-0.39, 0.29) is 12.4 Å². The zero-order valence-corrected chi connectivity index (χ0v) is 11.3. The van der Waals surface area contributed by atoms with Crippen molar-refractivity contribution in [2.75, 3.05) is 11.5 Å². The van der Waals surface area contributed by atoms with E-state index in [1.165, 1.54) is 12.1 Å². The van der Waals surface area contributed by atoms with Crippen molar-refractivity contribution in [1.29, 1.82) is 0 Å². The molecule has 2 aromatic rings. The fraction of sp³-hybridized carbons (Fsp3) is 0.0714. The summed E-state index contributed by atoms with van der Waals surface area (Å²) in [6.07, 6.45) is -1.33. The molecule has 0 spiro atoms. The van der Waals surface area contributed by atoms with E-state index in [2.05, 4.69) is 0 Å². The number of esters is 1. The topological polar surface area (TPSA) is 98.6 Å². The molecule has 0 amide bonds. The minimum absolute atomic E-state index is 0. The van der Waals surface area contributed by atoms with E-state index in [1.807, 2.05) is 0 Å². The third kappa shape index (κ3) is 3.88. The predicted molar refractivity (Wildman–Crippen MR) is 79.3 cm³/mol. The molecule has 0 aliphatic rings. The van der Waals surface area contributed by atoms with Gasteiger partial charge in [0.1, 0.15) is 0 Å². The smallest absolute Gasteiger partial charge is 0.340 e. The number of hydrogen-bond donors (Lipinski definition) is 3.